The van der Waals surface area contributed by atoms with E-state index < -0.39 is 8.07 Å². The maximum Gasteiger partial charge on any atom is 0.0843 e. The van der Waals surface area contributed by atoms with Gasteiger partial charge < -0.3 is 10.8 Å². The van der Waals surface area contributed by atoms with Crippen molar-refractivity contribution in [2.75, 3.05) is 6.61 Å². The minimum absolute atomic E-state index is 0.0193. The van der Waals surface area contributed by atoms with Gasteiger partial charge in [-0.15, -0.1) is 6.58 Å². The minimum Gasteiger partial charge on any atom is -0.396 e. The van der Waals surface area contributed by atoms with Crippen LogP contribution in [-0.2, 0) is 6.42 Å². The Morgan fingerprint density at radius 2 is 1.95 bits per heavy atom. The number of aliphatic hydroxyl groups excluding tert-OH is 1. The summed E-state index contributed by atoms with van der Waals surface area (Å²) >= 11 is 0. The SMILES string of the molecule is C=CC[Si](C)(C)c1ccc(C[C@H](N)/C=C\CCO)cc1. The summed E-state index contributed by atoms with van der Waals surface area (Å²) in [6.45, 7) is 8.77. The molecule has 0 aliphatic rings. The molecular weight excluding hydrogens is 262 g/mol. The van der Waals surface area contributed by atoms with Crippen molar-refractivity contribution in [2.24, 2.45) is 5.73 Å². The van der Waals surface area contributed by atoms with Crippen molar-refractivity contribution in [2.45, 2.75) is 38.0 Å². The first-order valence-corrected chi connectivity index (χ1v) is 10.4. The zero-order valence-corrected chi connectivity index (χ0v) is 13.7. The molecule has 0 amide bonds. The van der Waals surface area contributed by atoms with Crippen molar-refractivity contribution < 1.29 is 5.11 Å². The van der Waals surface area contributed by atoms with Crippen molar-refractivity contribution >= 4 is 13.3 Å². The summed E-state index contributed by atoms with van der Waals surface area (Å²) in [4.78, 5) is 0. The van der Waals surface area contributed by atoms with Gasteiger partial charge in [0.1, 0.15) is 0 Å². The zero-order valence-electron chi connectivity index (χ0n) is 12.7. The summed E-state index contributed by atoms with van der Waals surface area (Å²) in [5.41, 5.74) is 7.31. The van der Waals surface area contributed by atoms with Gasteiger partial charge in [0.2, 0.25) is 0 Å². The van der Waals surface area contributed by atoms with Crippen molar-refractivity contribution in [3.05, 3.63) is 54.6 Å². The Hall–Kier alpha value is -1.16. The summed E-state index contributed by atoms with van der Waals surface area (Å²) in [7, 11) is -1.36. The fraction of sp³-hybridized carbons (Fsp3) is 0.412. The van der Waals surface area contributed by atoms with Gasteiger partial charge in [-0.05, 0) is 24.4 Å². The Labute approximate surface area is 124 Å². The Morgan fingerprint density at radius 1 is 1.30 bits per heavy atom. The van der Waals surface area contributed by atoms with Crippen LogP contribution >= 0.6 is 0 Å². The molecule has 1 aromatic rings. The van der Waals surface area contributed by atoms with E-state index in [1.165, 1.54) is 10.8 Å². The minimum atomic E-state index is -1.36. The summed E-state index contributed by atoms with van der Waals surface area (Å²) in [5.74, 6) is 0. The van der Waals surface area contributed by atoms with Crippen molar-refractivity contribution in [3.63, 3.8) is 0 Å². The largest absolute Gasteiger partial charge is 0.396 e. The molecule has 0 radical (unpaired) electrons. The molecule has 0 bridgehead atoms. The molecule has 3 heteroatoms. The predicted octanol–water partition coefficient (Wildman–Crippen LogP) is 2.60. The van der Waals surface area contributed by atoms with E-state index in [0.29, 0.717) is 6.42 Å². The number of benzene rings is 1. The number of allylic oxidation sites excluding steroid dienone is 1. The lowest BCUT2D eigenvalue weighted by molar-refractivity contribution is 0.302. The Balaban J connectivity index is 2.65. The lowest BCUT2D eigenvalue weighted by atomic mass is 10.1. The number of nitrogens with two attached hydrogens (primary N) is 1. The normalized spacial score (nSPS) is 13.6. The van der Waals surface area contributed by atoms with Gasteiger partial charge in [-0.1, -0.05) is 60.8 Å². The van der Waals surface area contributed by atoms with Gasteiger partial charge in [-0.3, -0.25) is 0 Å². The molecule has 1 atom stereocenters. The highest BCUT2D eigenvalue weighted by Crippen LogP contribution is 2.11. The molecule has 0 aromatic heterocycles. The van der Waals surface area contributed by atoms with Crippen LogP contribution in [-0.4, -0.2) is 25.8 Å². The molecule has 0 aliphatic heterocycles. The van der Waals surface area contributed by atoms with E-state index in [4.69, 9.17) is 10.8 Å². The monoisotopic (exact) mass is 289 g/mol. The highest BCUT2D eigenvalue weighted by molar-refractivity contribution is 6.90. The second kappa shape index (κ2) is 8.20. The first-order chi connectivity index (χ1) is 9.49. The number of rotatable bonds is 8. The Kier molecular flexibility index (Phi) is 6.92. The molecule has 110 valence electrons. The van der Waals surface area contributed by atoms with Gasteiger partial charge in [-0.25, -0.2) is 0 Å². The zero-order chi connectivity index (χ0) is 15.0. The maximum atomic E-state index is 8.72. The van der Waals surface area contributed by atoms with Gasteiger partial charge in [0.25, 0.3) is 0 Å². The molecule has 0 heterocycles. The third-order valence-electron chi connectivity index (χ3n) is 3.54. The quantitative estimate of drug-likeness (QED) is 0.571. The fourth-order valence-corrected chi connectivity index (χ4v) is 4.28. The average Bonchev–Trinajstić information content (AvgIpc) is 2.39. The molecular formula is C17H27NOSi. The molecule has 0 saturated carbocycles. The van der Waals surface area contributed by atoms with Crippen LogP contribution in [0.25, 0.3) is 0 Å². The van der Waals surface area contributed by atoms with Crippen LogP contribution in [0.1, 0.15) is 12.0 Å². The van der Waals surface area contributed by atoms with Crippen LogP contribution in [0.15, 0.2) is 49.1 Å². The molecule has 0 fully saturated rings. The van der Waals surface area contributed by atoms with Gasteiger partial charge in [0, 0.05) is 12.6 Å². The third-order valence-corrected chi connectivity index (χ3v) is 6.75. The van der Waals surface area contributed by atoms with E-state index >= 15 is 0 Å². The predicted molar refractivity (Wildman–Crippen MR) is 91.1 cm³/mol. The highest BCUT2D eigenvalue weighted by Gasteiger charge is 2.21. The highest BCUT2D eigenvalue weighted by atomic mass is 28.3. The van der Waals surface area contributed by atoms with Crippen LogP contribution < -0.4 is 10.9 Å². The summed E-state index contributed by atoms with van der Waals surface area (Å²) in [6, 6.07) is 9.99. The van der Waals surface area contributed by atoms with E-state index in [1.54, 1.807) is 0 Å². The van der Waals surface area contributed by atoms with Gasteiger partial charge in [0.15, 0.2) is 0 Å². The standard InChI is InChI=1S/C17H27NOSi/c1-4-13-20(2,3)17-10-8-15(9-11-17)14-16(18)7-5-6-12-19/h4-5,7-11,16,19H,1,6,12-14,18H2,2-3H3/b7-5-/t16-/m1/s1. The first kappa shape index (κ1) is 16.9. The van der Waals surface area contributed by atoms with Crippen LogP contribution in [0.5, 0.6) is 0 Å². The number of hydrogen-bond donors (Lipinski definition) is 2. The molecule has 2 nitrogen and oxygen atoms in total. The van der Waals surface area contributed by atoms with Gasteiger partial charge in [0.05, 0.1) is 8.07 Å². The molecule has 20 heavy (non-hydrogen) atoms. The topological polar surface area (TPSA) is 46.2 Å². The lowest BCUT2D eigenvalue weighted by Gasteiger charge is -2.21. The number of hydrogen-bond acceptors (Lipinski definition) is 2. The number of aliphatic hydroxyl groups is 1. The van der Waals surface area contributed by atoms with Gasteiger partial charge in [-0.2, -0.15) is 0 Å². The smallest absolute Gasteiger partial charge is 0.0843 e. The molecule has 0 saturated heterocycles. The molecule has 0 aliphatic carbocycles. The van der Waals surface area contributed by atoms with Crippen LogP contribution in [0.4, 0.5) is 0 Å². The second-order valence-electron chi connectivity index (χ2n) is 5.88. The maximum absolute atomic E-state index is 8.72. The second-order valence-corrected chi connectivity index (χ2v) is 10.6. The van der Waals surface area contributed by atoms with E-state index in [1.807, 2.05) is 18.2 Å². The van der Waals surface area contributed by atoms with Crippen molar-refractivity contribution in [1.29, 1.82) is 0 Å². The van der Waals surface area contributed by atoms with Crippen LogP contribution in [0.2, 0.25) is 19.1 Å². The first-order valence-electron chi connectivity index (χ1n) is 7.23. The Bertz CT molecular complexity index is 437. The molecule has 1 aromatic carbocycles. The van der Waals surface area contributed by atoms with E-state index in [9.17, 15) is 0 Å². The molecule has 1 rings (SSSR count). The van der Waals surface area contributed by atoms with Crippen molar-refractivity contribution in [3.8, 4) is 0 Å². The van der Waals surface area contributed by atoms with Crippen LogP contribution in [0, 0.1) is 0 Å². The summed E-state index contributed by atoms with van der Waals surface area (Å²) < 4.78 is 0. The van der Waals surface area contributed by atoms with Crippen LogP contribution in [0.3, 0.4) is 0 Å². The van der Waals surface area contributed by atoms with Crippen molar-refractivity contribution in [1.82, 2.24) is 0 Å². The fourth-order valence-electron chi connectivity index (χ4n) is 2.26. The molecule has 0 spiro atoms. The molecule has 3 N–H and O–H groups in total. The Morgan fingerprint density at radius 3 is 2.50 bits per heavy atom. The average molecular weight is 289 g/mol. The van der Waals surface area contributed by atoms with E-state index in [-0.39, 0.29) is 12.6 Å². The third kappa shape index (κ3) is 5.45. The van der Waals surface area contributed by atoms with Gasteiger partial charge >= 0.3 is 0 Å². The molecule has 0 unspecified atom stereocenters. The summed E-state index contributed by atoms with van der Waals surface area (Å²) in [5, 5.41) is 10.2. The summed E-state index contributed by atoms with van der Waals surface area (Å²) in [6.07, 6.45) is 7.46. The lowest BCUT2D eigenvalue weighted by Crippen LogP contribution is -2.40. The van der Waals surface area contributed by atoms with E-state index in [2.05, 4.69) is 43.9 Å². The van der Waals surface area contributed by atoms with E-state index in [0.717, 1.165) is 12.5 Å².